The topological polar surface area (TPSA) is 70.3 Å². The molecule has 2 aromatic carbocycles. The second-order valence-corrected chi connectivity index (χ2v) is 6.84. The lowest BCUT2D eigenvalue weighted by Gasteiger charge is -2.15. The summed E-state index contributed by atoms with van der Waals surface area (Å²) in [6, 6.07) is 19.6. The highest BCUT2D eigenvalue weighted by atomic mass is 16.5. The minimum atomic E-state index is 0.0889. The standard InChI is InChI=1S/C23H23N3O2/c1-16(28-19-11-9-17-7-3-13-25-20(17)15-19)5-4-14-27-21-8-2-6-18-10-12-22(24)26-23(18)21/h2-3,6-13,15-16H,4-5,14H2,1H3,(H2,24,26). The fraction of sp³-hybridized carbons (Fsp3) is 0.217. The molecule has 4 aromatic rings. The summed E-state index contributed by atoms with van der Waals surface area (Å²) < 4.78 is 12.0. The number of aromatic nitrogens is 2. The molecule has 0 bridgehead atoms. The number of hydrogen-bond acceptors (Lipinski definition) is 5. The zero-order valence-corrected chi connectivity index (χ0v) is 15.8. The fourth-order valence-corrected chi connectivity index (χ4v) is 3.22. The predicted molar refractivity (Wildman–Crippen MR) is 113 cm³/mol. The maximum atomic E-state index is 6.04. The number of nitrogens with zero attached hydrogens (tertiary/aromatic N) is 2. The number of anilines is 1. The molecule has 0 saturated carbocycles. The van der Waals surface area contributed by atoms with Crippen LogP contribution in [0.2, 0.25) is 0 Å². The summed E-state index contributed by atoms with van der Waals surface area (Å²) in [5, 5.41) is 2.13. The summed E-state index contributed by atoms with van der Waals surface area (Å²) in [7, 11) is 0. The summed E-state index contributed by atoms with van der Waals surface area (Å²) in [5.41, 5.74) is 7.55. The SMILES string of the molecule is CC(CCCOc1cccc2ccc(N)nc12)Oc1ccc2cccnc2c1. The first-order valence-electron chi connectivity index (χ1n) is 9.48. The number of rotatable bonds is 7. The van der Waals surface area contributed by atoms with Crippen molar-refractivity contribution in [3.63, 3.8) is 0 Å². The molecule has 2 aromatic heterocycles. The Balaban J connectivity index is 1.31. The highest BCUT2D eigenvalue weighted by Crippen LogP contribution is 2.25. The molecule has 28 heavy (non-hydrogen) atoms. The summed E-state index contributed by atoms with van der Waals surface area (Å²) in [6.07, 6.45) is 3.65. The number of hydrogen-bond donors (Lipinski definition) is 1. The third-order valence-corrected chi connectivity index (χ3v) is 4.63. The highest BCUT2D eigenvalue weighted by Gasteiger charge is 2.07. The molecule has 0 radical (unpaired) electrons. The molecule has 2 N–H and O–H groups in total. The van der Waals surface area contributed by atoms with Crippen LogP contribution in [0.5, 0.6) is 11.5 Å². The Morgan fingerprint density at radius 2 is 1.86 bits per heavy atom. The van der Waals surface area contributed by atoms with Crippen LogP contribution in [-0.2, 0) is 0 Å². The zero-order valence-electron chi connectivity index (χ0n) is 15.8. The Bertz CT molecular complexity index is 1100. The lowest BCUT2D eigenvalue weighted by atomic mass is 10.2. The minimum Gasteiger partial charge on any atom is -0.491 e. The van der Waals surface area contributed by atoms with Crippen LogP contribution in [0.3, 0.4) is 0 Å². The Morgan fingerprint density at radius 3 is 2.79 bits per heavy atom. The summed E-state index contributed by atoms with van der Waals surface area (Å²) in [4.78, 5) is 8.77. The van der Waals surface area contributed by atoms with Gasteiger partial charge in [0.25, 0.3) is 0 Å². The van der Waals surface area contributed by atoms with E-state index in [-0.39, 0.29) is 6.10 Å². The molecule has 4 rings (SSSR count). The van der Waals surface area contributed by atoms with Crippen LogP contribution in [-0.4, -0.2) is 22.7 Å². The van der Waals surface area contributed by atoms with Crippen molar-refractivity contribution in [2.45, 2.75) is 25.9 Å². The summed E-state index contributed by atoms with van der Waals surface area (Å²) >= 11 is 0. The number of fused-ring (bicyclic) bond motifs is 2. The Kier molecular flexibility index (Phi) is 5.24. The lowest BCUT2D eigenvalue weighted by molar-refractivity contribution is 0.194. The molecule has 0 aliphatic rings. The van der Waals surface area contributed by atoms with Crippen LogP contribution in [0.4, 0.5) is 5.82 Å². The number of benzene rings is 2. The van der Waals surface area contributed by atoms with Gasteiger partial charge in [0, 0.05) is 23.0 Å². The molecule has 1 unspecified atom stereocenters. The molecule has 0 aliphatic heterocycles. The second kappa shape index (κ2) is 8.13. The maximum absolute atomic E-state index is 6.04. The van der Waals surface area contributed by atoms with E-state index in [1.807, 2.05) is 54.6 Å². The monoisotopic (exact) mass is 373 g/mol. The molecule has 1 atom stereocenters. The molecule has 142 valence electrons. The van der Waals surface area contributed by atoms with Gasteiger partial charge in [-0.3, -0.25) is 4.98 Å². The molecule has 5 heteroatoms. The number of nitrogens with two attached hydrogens (primary N) is 1. The van der Waals surface area contributed by atoms with Gasteiger partial charge in [-0.15, -0.1) is 0 Å². The number of para-hydroxylation sites is 1. The van der Waals surface area contributed by atoms with Crippen molar-refractivity contribution in [1.82, 2.24) is 9.97 Å². The summed E-state index contributed by atoms with van der Waals surface area (Å²) in [5.74, 6) is 2.10. The van der Waals surface area contributed by atoms with Crippen molar-refractivity contribution in [2.24, 2.45) is 0 Å². The van der Waals surface area contributed by atoms with Gasteiger partial charge in [0.15, 0.2) is 0 Å². The highest BCUT2D eigenvalue weighted by molar-refractivity contribution is 5.85. The van der Waals surface area contributed by atoms with Gasteiger partial charge in [-0.05, 0) is 56.2 Å². The first-order chi connectivity index (χ1) is 13.7. The average Bonchev–Trinajstić information content (AvgIpc) is 2.71. The third-order valence-electron chi connectivity index (χ3n) is 4.63. The van der Waals surface area contributed by atoms with Gasteiger partial charge in [0.2, 0.25) is 0 Å². The smallest absolute Gasteiger partial charge is 0.145 e. The van der Waals surface area contributed by atoms with E-state index in [1.165, 1.54) is 0 Å². The predicted octanol–water partition coefficient (Wildman–Crippen LogP) is 4.99. The maximum Gasteiger partial charge on any atom is 0.145 e. The largest absolute Gasteiger partial charge is 0.491 e. The van der Waals surface area contributed by atoms with E-state index >= 15 is 0 Å². The van der Waals surface area contributed by atoms with E-state index in [4.69, 9.17) is 15.2 Å². The molecule has 0 fully saturated rings. The molecule has 0 saturated heterocycles. The third kappa shape index (κ3) is 4.14. The van der Waals surface area contributed by atoms with E-state index in [1.54, 1.807) is 12.3 Å². The van der Waals surface area contributed by atoms with E-state index in [0.29, 0.717) is 12.4 Å². The van der Waals surface area contributed by atoms with Crippen molar-refractivity contribution < 1.29 is 9.47 Å². The van der Waals surface area contributed by atoms with Gasteiger partial charge >= 0.3 is 0 Å². The normalized spacial score (nSPS) is 12.2. The van der Waals surface area contributed by atoms with Crippen LogP contribution in [0.15, 0.2) is 66.9 Å². The number of nitrogen functional groups attached to an aromatic ring is 1. The fourth-order valence-electron chi connectivity index (χ4n) is 3.22. The van der Waals surface area contributed by atoms with Crippen LogP contribution >= 0.6 is 0 Å². The van der Waals surface area contributed by atoms with Crippen LogP contribution in [0, 0.1) is 0 Å². The first-order valence-corrected chi connectivity index (χ1v) is 9.48. The first kappa shape index (κ1) is 18.0. The van der Waals surface area contributed by atoms with Gasteiger partial charge in [-0.25, -0.2) is 4.98 Å². The van der Waals surface area contributed by atoms with Crippen molar-refractivity contribution in [3.8, 4) is 11.5 Å². The Labute approximate surface area is 164 Å². The average molecular weight is 373 g/mol. The van der Waals surface area contributed by atoms with Crippen molar-refractivity contribution >= 4 is 27.6 Å². The molecule has 2 heterocycles. The van der Waals surface area contributed by atoms with Gasteiger partial charge in [0.1, 0.15) is 22.8 Å². The number of pyridine rings is 2. The second-order valence-electron chi connectivity index (χ2n) is 6.84. The molecule has 5 nitrogen and oxygen atoms in total. The van der Waals surface area contributed by atoms with E-state index < -0.39 is 0 Å². The summed E-state index contributed by atoms with van der Waals surface area (Å²) in [6.45, 7) is 2.67. The number of ether oxygens (including phenoxy) is 2. The molecule has 0 spiro atoms. The van der Waals surface area contributed by atoms with Crippen molar-refractivity contribution in [3.05, 3.63) is 66.9 Å². The van der Waals surface area contributed by atoms with Gasteiger partial charge in [0.05, 0.1) is 18.2 Å². The van der Waals surface area contributed by atoms with E-state index in [0.717, 1.165) is 46.1 Å². The Morgan fingerprint density at radius 1 is 1.00 bits per heavy atom. The van der Waals surface area contributed by atoms with E-state index in [9.17, 15) is 0 Å². The Hall–Kier alpha value is -3.34. The molecule has 0 amide bonds. The molecule has 0 aliphatic carbocycles. The van der Waals surface area contributed by atoms with Gasteiger partial charge < -0.3 is 15.2 Å². The van der Waals surface area contributed by atoms with Crippen LogP contribution in [0.25, 0.3) is 21.8 Å². The molecular weight excluding hydrogens is 350 g/mol. The van der Waals surface area contributed by atoms with E-state index in [2.05, 4.69) is 16.9 Å². The molecular formula is C23H23N3O2. The quantitative estimate of drug-likeness (QED) is 0.462. The lowest BCUT2D eigenvalue weighted by Crippen LogP contribution is -2.13. The van der Waals surface area contributed by atoms with Crippen LogP contribution < -0.4 is 15.2 Å². The van der Waals surface area contributed by atoms with Crippen LogP contribution in [0.1, 0.15) is 19.8 Å². The van der Waals surface area contributed by atoms with Crippen molar-refractivity contribution in [2.75, 3.05) is 12.3 Å². The minimum absolute atomic E-state index is 0.0889. The zero-order chi connectivity index (χ0) is 19.3. The van der Waals surface area contributed by atoms with Crippen molar-refractivity contribution in [1.29, 1.82) is 0 Å². The van der Waals surface area contributed by atoms with Gasteiger partial charge in [-0.2, -0.15) is 0 Å². The van der Waals surface area contributed by atoms with Gasteiger partial charge in [-0.1, -0.05) is 18.2 Å².